The zero-order valence-electron chi connectivity index (χ0n) is 27.7. The summed E-state index contributed by atoms with van der Waals surface area (Å²) in [6.45, 7) is 0. The summed E-state index contributed by atoms with van der Waals surface area (Å²) in [4.78, 5) is 2.35. The highest BCUT2D eigenvalue weighted by atomic mass is 15.1. The summed E-state index contributed by atoms with van der Waals surface area (Å²) in [5.74, 6) is 0. The van der Waals surface area contributed by atoms with Gasteiger partial charge in [-0.15, -0.1) is 0 Å². The molecule has 0 aliphatic heterocycles. The van der Waals surface area contributed by atoms with Crippen molar-refractivity contribution in [1.82, 2.24) is 8.80 Å². The lowest BCUT2D eigenvalue weighted by Crippen LogP contribution is -2.09. The van der Waals surface area contributed by atoms with Crippen LogP contribution >= 0.6 is 0 Å². The van der Waals surface area contributed by atoms with Crippen molar-refractivity contribution in [2.45, 2.75) is 0 Å². The van der Waals surface area contributed by atoms with E-state index in [1.807, 2.05) is 0 Å². The predicted molar refractivity (Wildman–Crippen MR) is 217 cm³/mol. The second-order valence-corrected chi connectivity index (χ2v) is 13.4. The van der Waals surface area contributed by atoms with Crippen LogP contribution < -0.4 is 4.90 Å². The first kappa shape index (κ1) is 28.0. The van der Waals surface area contributed by atoms with Gasteiger partial charge in [0.2, 0.25) is 0 Å². The van der Waals surface area contributed by atoms with Gasteiger partial charge in [-0.3, -0.25) is 0 Å². The Balaban J connectivity index is 1.37. The third-order valence-corrected chi connectivity index (χ3v) is 10.6. The number of aromatic nitrogens is 2. The molecule has 3 heteroatoms. The zero-order chi connectivity index (χ0) is 33.5. The van der Waals surface area contributed by atoms with Crippen molar-refractivity contribution in [3.63, 3.8) is 0 Å². The lowest BCUT2D eigenvalue weighted by Gasteiger charge is -2.25. The molecule has 3 aromatic heterocycles. The maximum absolute atomic E-state index is 2.44. The summed E-state index contributed by atoms with van der Waals surface area (Å²) in [6, 6.07) is 68.9. The van der Waals surface area contributed by atoms with Crippen molar-refractivity contribution >= 4 is 93.3 Å². The maximum Gasteiger partial charge on any atom is 0.0547 e. The fraction of sp³-hybridized carbons (Fsp3) is 0. The molecule has 11 rings (SSSR count). The van der Waals surface area contributed by atoms with Crippen LogP contribution in [0.4, 0.5) is 17.1 Å². The minimum absolute atomic E-state index is 1.11. The molecule has 3 heterocycles. The Labute approximate surface area is 294 Å². The number of fused-ring (bicyclic) bond motifs is 15. The highest BCUT2D eigenvalue weighted by Crippen LogP contribution is 2.39. The third kappa shape index (κ3) is 4.19. The van der Waals surface area contributed by atoms with Gasteiger partial charge in [-0.1, -0.05) is 109 Å². The van der Waals surface area contributed by atoms with Crippen LogP contribution in [-0.2, 0) is 0 Å². The van der Waals surface area contributed by atoms with Crippen LogP contribution in [0.3, 0.4) is 0 Å². The van der Waals surface area contributed by atoms with Gasteiger partial charge in [0.15, 0.2) is 0 Å². The van der Waals surface area contributed by atoms with Crippen molar-refractivity contribution < 1.29 is 0 Å². The van der Waals surface area contributed by atoms with Crippen LogP contribution in [-0.4, -0.2) is 8.80 Å². The average Bonchev–Trinajstić information content (AvgIpc) is 3.71. The first-order chi connectivity index (χ1) is 25.3. The van der Waals surface area contributed by atoms with Crippen molar-refractivity contribution in [2.75, 3.05) is 4.90 Å². The Bertz CT molecular complexity index is 3150. The first-order valence-electron chi connectivity index (χ1n) is 17.5. The third-order valence-electron chi connectivity index (χ3n) is 10.6. The van der Waals surface area contributed by atoms with E-state index in [1.165, 1.54) is 65.2 Å². The minimum Gasteiger partial charge on any atom is -0.310 e. The van der Waals surface area contributed by atoms with Crippen LogP contribution in [0.25, 0.3) is 76.2 Å². The highest BCUT2D eigenvalue weighted by Gasteiger charge is 2.16. The largest absolute Gasteiger partial charge is 0.310 e. The molecule has 0 spiro atoms. The number of benzene rings is 8. The number of hydrogen-bond donors (Lipinski definition) is 0. The Morgan fingerprint density at radius 2 is 0.745 bits per heavy atom. The molecule has 0 unspecified atom stereocenters. The molecule has 0 amide bonds. The van der Waals surface area contributed by atoms with Crippen molar-refractivity contribution in [3.8, 4) is 0 Å². The number of anilines is 3. The lowest BCUT2D eigenvalue weighted by atomic mass is 10.0. The molecule has 238 valence electrons. The Kier molecular flexibility index (Phi) is 5.96. The Hall–Kier alpha value is -6.84. The van der Waals surface area contributed by atoms with Gasteiger partial charge in [-0.25, -0.2) is 0 Å². The predicted octanol–water partition coefficient (Wildman–Crippen LogP) is 13.1. The van der Waals surface area contributed by atoms with Crippen LogP contribution in [0.5, 0.6) is 0 Å². The molecule has 0 saturated heterocycles. The van der Waals surface area contributed by atoms with Crippen molar-refractivity contribution in [1.29, 1.82) is 0 Å². The fourth-order valence-electron chi connectivity index (χ4n) is 8.37. The van der Waals surface area contributed by atoms with Gasteiger partial charge in [-0.05, 0) is 100 Å². The lowest BCUT2D eigenvalue weighted by molar-refractivity contribution is 1.29. The second-order valence-electron chi connectivity index (χ2n) is 13.4. The number of hydrogen-bond acceptors (Lipinski definition) is 1. The first-order valence-corrected chi connectivity index (χ1v) is 17.5. The van der Waals surface area contributed by atoms with Crippen LogP contribution in [0, 0.1) is 0 Å². The molecule has 0 radical (unpaired) electrons. The van der Waals surface area contributed by atoms with Gasteiger partial charge in [0.05, 0.1) is 22.1 Å². The molecule has 0 fully saturated rings. The van der Waals surface area contributed by atoms with E-state index in [-0.39, 0.29) is 0 Å². The van der Waals surface area contributed by atoms with Crippen LogP contribution in [0.1, 0.15) is 0 Å². The monoisotopic (exact) mass is 649 g/mol. The molecule has 0 aliphatic carbocycles. The summed E-state index contributed by atoms with van der Waals surface area (Å²) in [7, 11) is 0. The van der Waals surface area contributed by atoms with Gasteiger partial charge in [0.1, 0.15) is 0 Å². The van der Waals surface area contributed by atoms with E-state index in [2.05, 4.69) is 202 Å². The van der Waals surface area contributed by atoms with Gasteiger partial charge in [-0.2, -0.15) is 0 Å². The number of nitrogens with zero attached hydrogens (tertiary/aromatic N) is 3. The van der Waals surface area contributed by atoms with Crippen molar-refractivity contribution in [2.24, 2.45) is 0 Å². The molecular weight excluding hydrogens is 619 g/mol. The van der Waals surface area contributed by atoms with Crippen molar-refractivity contribution in [3.05, 3.63) is 188 Å². The fourth-order valence-corrected chi connectivity index (χ4v) is 8.37. The van der Waals surface area contributed by atoms with Gasteiger partial charge < -0.3 is 13.7 Å². The Morgan fingerprint density at radius 3 is 1.31 bits per heavy atom. The van der Waals surface area contributed by atoms with Crippen LogP contribution in [0.15, 0.2) is 188 Å². The SMILES string of the molecule is c1ccc(N(c2ccccc2)c2ccc3c4ccc5c6ccccc6n(c6cccc(c6)n6c7ccccc7c7ccc(cc76)c3c2)c5c4)cc1. The molecule has 0 aliphatic rings. The number of para-hydroxylation sites is 4. The summed E-state index contributed by atoms with van der Waals surface area (Å²) in [6.07, 6.45) is 0. The molecule has 11 aromatic rings. The average molecular weight is 650 g/mol. The quantitative estimate of drug-likeness (QED) is 0.185. The van der Waals surface area contributed by atoms with E-state index < -0.39 is 0 Å². The molecular formula is C48H31N3. The van der Waals surface area contributed by atoms with E-state index in [0.29, 0.717) is 0 Å². The van der Waals surface area contributed by atoms with Gasteiger partial charge in [0.25, 0.3) is 0 Å². The standard InChI is InChI=1S/C48H31N3/c1-3-12-34(13-4-1)49(35-14-5-2-6-15-35)38-24-27-39-32-22-25-42-40-18-7-9-20-45(40)50(47(42)28-32)36-16-11-17-37(30-36)51-46-21-10-8-19-41(46)43-26-23-33(29-48(43)51)44(39)31-38/h1-31H. The van der Waals surface area contributed by atoms with Crippen LogP contribution in [0.2, 0.25) is 0 Å². The Morgan fingerprint density at radius 1 is 0.275 bits per heavy atom. The molecule has 8 aromatic carbocycles. The topological polar surface area (TPSA) is 12.1 Å². The molecule has 0 atom stereocenters. The summed E-state index contributed by atoms with van der Waals surface area (Å²) in [5.41, 5.74) is 10.4. The van der Waals surface area contributed by atoms with Gasteiger partial charge >= 0.3 is 0 Å². The van der Waals surface area contributed by atoms with E-state index >= 15 is 0 Å². The van der Waals surface area contributed by atoms with E-state index in [0.717, 1.165) is 28.1 Å². The second kappa shape index (κ2) is 10.8. The van der Waals surface area contributed by atoms with Gasteiger partial charge in [0, 0.05) is 49.6 Å². The molecule has 6 bridgehead atoms. The molecule has 3 nitrogen and oxygen atoms in total. The summed E-state index contributed by atoms with van der Waals surface area (Å²) < 4.78 is 4.88. The minimum atomic E-state index is 1.11. The zero-order valence-corrected chi connectivity index (χ0v) is 27.7. The highest BCUT2D eigenvalue weighted by molar-refractivity contribution is 6.16. The summed E-state index contributed by atoms with van der Waals surface area (Å²) >= 11 is 0. The van der Waals surface area contributed by atoms with E-state index in [1.54, 1.807) is 0 Å². The van der Waals surface area contributed by atoms with E-state index in [9.17, 15) is 0 Å². The van der Waals surface area contributed by atoms with E-state index in [4.69, 9.17) is 0 Å². The molecule has 51 heavy (non-hydrogen) atoms. The maximum atomic E-state index is 2.44. The molecule has 0 N–H and O–H groups in total. The molecule has 0 saturated carbocycles. The smallest absolute Gasteiger partial charge is 0.0547 e. The normalized spacial score (nSPS) is 11.9. The summed E-state index contributed by atoms with van der Waals surface area (Å²) in [5, 5.41) is 9.77. The number of rotatable bonds is 3.